The van der Waals surface area contributed by atoms with Crippen molar-refractivity contribution in [1.29, 1.82) is 0 Å². The van der Waals surface area contributed by atoms with Crippen molar-refractivity contribution in [2.24, 2.45) is 5.92 Å². The lowest BCUT2D eigenvalue weighted by Gasteiger charge is -2.34. The van der Waals surface area contributed by atoms with Crippen molar-refractivity contribution in [3.8, 4) is 5.75 Å². The molecule has 3 rings (SSSR count). The maximum Gasteiger partial charge on any atom is 0.573 e. The Balaban J connectivity index is 0.00000320. The van der Waals surface area contributed by atoms with Crippen LogP contribution in [0, 0.1) is 5.92 Å². The second kappa shape index (κ2) is 9.64. The summed E-state index contributed by atoms with van der Waals surface area (Å²) >= 11 is 0. The first kappa shape index (κ1) is 24.6. The lowest BCUT2D eigenvalue weighted by Crippen LogP contribution is -2.44. The third kappa shape index (κ3) is 6.16. The summed E-state index contributed by atoms with van der Waals surface area (Å²) in [4.78, 5) is 13.7. The molecule has 0 bridgehead atoms. The lowest BCUT2D eigenvalue weighted by molar-refractivity contribution is -0.274. The number of carbonyl (C=O) groups is 1. The van der Waals surface area contributed by atoms with Crippen molar-refractivity contribution in [3.63, 3.8) is 0 Å². The Bertz CT molecular complexity index is 735. The molecule has 0 aliphatic carbocycles. The monoisotopic (exact) mass is 460 g/mol. The number of rotatable bonds is 3. The minimum absolute atomic E-state index is 0. The highest BCUT2D eigenvalue weighted by Gasteiger charge is 2.43. The molecule has 2 heterocycles. The first-order chi connectivity index (χ1) is 13.5. The van der Waals surface area contributed by atoms with Gasteiger partial charge in [-0.2, -0.15) is 13.2 Å². The number of carbonyl (C=O) groups excluding carboxylic acids is 1. The first-order valence-corrected chi connectivity index (χ1v) is 9.51. The van der Waals surface area contributed by atoms with Gasteiger partial charge in [0.05, 0.1) is 11.5 Å². The first-order valence-electron chi connectivity index (χ1n) is 9.51. The van der Waals surface area contributed by atoms with Gasteiger partial charge in [0, 0.05) is 13.1 Å². The van der Waals surface area contributed by atoms with E-state index in [1.165, 1.54) is 12.1 Å². The average Bonchev–Trinajstić information content (AvgIpc) is 2.66. The highest BCUT2D eigenvalue weighted by molar-refractivity contribution is 5.97. The van der Waals surface area contributed by atoms with Crippen LogP contribution in [-0.4, -0.2) is 49.5 Å². The number of hydrogen-bond acceptors (Lipinski definition) is 3. The molecule has 1 atom stereocenters. The van der Waals surface area contributed by atoms with Gasteiger partial charge < -0.3 is 15.0 Å². The number of hydrogen-bond donors (Lipinski definition) is 1. The maximum atomic E-state index is 13.0. The minimum Gasteiger partial charge on any atom is -0.405 e. The van der Waals surface area contributed by atoms with Crippen LogP contribution in [0.2, 0.25) is 0 Å². The third-order valence-corrected chi connectivity index (χ3v) is 5.44. The molecule has 1 N–H and O–H groups in total. The Kier molecular flexibility index (Phi) is 7.90. The molecule has 170 valence electrons. The average molecular weight is 461 g/mol. The van der Waals surface area contributed by atoms with E-state index in [4.69, 9.17) is 0 Å². The Labute approximate surface area is 176 Å². The summed E-state index contributed by atoms with van der Waals surface area (Å²) in [5.41, 5.74) is 0.247. The Morgan fingerprint density at radius 2 is 1.73 bits per heavy atom. The number of nitrogens with one attached hydrogen (secondary N) is 1. The normalized spacial score (nSPS) is 21.1. The fourth-order valence-electron chi connectivity index (χ4n) is 3.93. The summed E-state index contributed by atoms with van der Waals surface area (Å²) < 4.78 is 81.9. The van der Waals surface area contributed by atoms with Crippen LogP contribution < -0.4 is 10.1 Å². The van der Waals surface area contributed by atoms with Gasteiger partial charge in [-0.1, -0.05) is 6.07 Å². The molecule has 0 radical (unpaired) electrons. The Hall–Kier alpha value is -1.68. The van der Waals surface area contributed by atoms with Gasteiger partial charge in [0.15, 0.2) is 0 Å². The zero-order valence-electron chi connectivity index (χ0n) is 16.0. The van der Waals surface area contributed by atoms with E-state index < -0.39 is 36.7 Å². The molecule has 2 saturated heterocycles. The lowest BCUT2D eigenvalue weighted by atomic mass is 9.89. The van der Waals surface area contributed by atoms with Crippen LogP contribution in [0.5, 0.6) is 5.75 Å². The molecule has 30 heavy (non-hydrogen) atoms. The maximum absolute atomic E-state index is 13.0. The molecule has 1 amide bonds. The van der Waals surface area contributed by atoms with E-state index in [1.807, 2.05) is 0 Å². The molecule has 11 heteroatoms. The van der Waals surface area contributed by atoms with Gasteiger partial charge in [-0.3, -0.25) is 4.79 Å². The topological polar surface area (TPSA) is 41.6 Å². The summed E-state index contributed by atoms with van der Waals surface area (Å²) in [5.74, 6) is -3.19. The molecule has 2 fully saturated rings. The van der Waals surface area contributed by atoms with Crippen molar-refractivity contribution in [2.45, 2.75) is 44.1 Å². The van der Waals surface area contributed by atoms with Crippen LogP contribution in [0.25, 0.3) is 0 Å². The minimum atomic E-state index is -5.02. The number of likely N-dealkylation sites (tertiary alicyclic amines) is 1. The number of nitrogens with zero attached hydrogens (tertiary/aromatic N) is 1. The molecule has 0 aromatic heterocycles. The van der Waals surface area contributed by atoms with Gasteiger partial charge in [-0.05, 0) is 62.4 Å². The summed E-state index contributed by atoms with van der Waals surface area (Å²) in [7, 11) is 0. The van der Waals surface area contributed by atoms with Crippen LogP contribution in [0.4, 0.5) is 26.3 Å². The molecule has 2 aliphatic rings. The van der Waals surface area contributed by atoms with Crippen molar-refractivity contribution in [1.82, 2.24) is 10.2 Å². The summed E-state index contributed by atoms with van der Waals surface area (Å²) in [5, 5.41) is 3.16. The van der Waals surface area contributed by atoms with E-state index >= 15 is 0 Å². The van der Waals surface area contributed by atoms with Crippen LogP contribution >= 0.6 is 12.4 Å². The molecular weight excluding hydrogens is 438 g/mol. The van der Waals surface area contributed by atoms with E-state index in [-0.39, 0.29) is 43.3 Å². The molecular formula is C19H23ClF6N2O2. The molecule has 2 aliphatic heterocycles. The second-order valence-electron chi connectivity index (χ2n) is 7.46. The predicted molar refractivity (Wildman–Crippen MR) is 99.9 cm³/mol. The van der Waals surface area contributed by atoms with Crippen molar-refractivity contribution in [3.05, 3.63) is 29.3 Å². The van der Waals surface area contributed by atoms with Crippen LogP contribution in [0.1, 0.15) is 47.5 Å². The van der Waals surface area contributed by atoms with Gasteiger partial charge in [-0.25, -0.2) is 0 Å². The van der Waals surface area contributed by atoms with Gasteiger partial charge in [-0.15, -0.1) is 25.6 Å². The summed E-state index contributed by atoms with van der Waals surface area (Å²) in [6.45, 7) is 0.956. The highest BCUT2D eigenvalue weighted by atomic mass is 35.5. The van der Waals surface area contributed by atoms with Crippen molar-refractivity contribution in [2.75, 3.05) is 26.2 Å². The molecule has 0 saturated carbocycles. The van der Waals surface area contributed by atoms with E-state index in [9.17, 15) is 31.1 Å². The largest absolute Gasteiger partial charge is 0.573 e. The van der Waals surface area contributed by atoms with Crippen LogP contribution in [-0.2, 0) is 0 Å². The summed E-state index contributed by atoms with van der Waals surface area (Å²) in [6.07, 6.45) is -7.97. The van der Waals surface area contributed by atoms with Crippen LogP contribution in [0.3, 0.4) is 0 Å². The molecule has 1 unspecified atom stereocenters. The zero-order chi connectivity index (χ0) is 21.2. The van der Waals surface area contributed by atoms with Gasteiger partial charge in [0.25, 0.3) is 5.91 Å². The van der Waals surface area contributed by atoms with Crippen LogP contribution in [0.15, 0.2) is 18.2 Å². The number of piperidine rings is 2. The Morgan fingerprint density at radius 1 is 1.07 bits per heavy atom. The molecule has 0 spiro atoms. The molecule has 1 aromatic rings. The number of ether oxygens (including phenoxy) is 1. The number of amides is 1. The second-order valence-corrected chi connectivity index (χ2v) is 7.46. The quantitative estimate of drug-likeness (QED) is 0.653. The van der Waals surface area contributed by atoms with Gasteiger partial charge in [0.1, 0.15) is 5.75 Å². The van der Waals surface area contributed by atoms with E-state index in [1.54, 1.807) is 6.07 Å². The number of alkyl halides is 6. The number of halogens is 7. The standard InChI is InChI=1S/C19H22F6N2O2.ClH/c20-18(21,22)14-2-1-9-27(11-14)17(28)15-4-3-13(12-5-7-26-8-6-12)10-16(15)29-19(23,24)25;/h3-4,10,12,14,26H,1-2,5-9,11H2;1H. The zero-order valence-corrected chi connectivity index (χ0v) is 16.8. The SMILES string of the molecule is Cl.O=C(c1ccc(C2CCNCC2)cc1OC(F)(F)F)N1CCCC(C(F)(F)F)C1. The predicted octanol–water partition coefficient (Wildman–Crippen LogP) is 4.89. The molecule has 1 aromatic carbocycles. The Morgan fingerprint density at radius 3 is 2.33 bits per heavy atom. The fraction of sp³-hybridized carbons (Fsp3) is 0.632. The van der Waals surface area contributed by atoms with Gasteiger partial charge >= 0.3 is 12.5 Å². The van der Waals surface area contributed by atoms with E-state index in [2.05, 4.69) is 10.1 Å². The molecule has 4 nitrogen and oxygen atoms in total. The summed E-state index contributed by atoms with van der Waals surface area (Å²) in [6, 6.07) is 4.00. The fourth-order valence-corrected chi connectivity index (χ4v) is 3.93. The van der Waals surface area contributed by atoms with Gasteiger partial charge in [0.2, 0.25) is 0 Å². The third-order valence-electron chi connectivity index (χ3n) is 5.44. The van der Waals surface area contributed by atoms with Crippen molar-refractivity contribution >= 4 is 18.3 Å². The van der Waals surface area contributed by atoms with Crippen molar-refractivity contribution < 1.29 is 35.9 Å². The van der Waals surface area contributed by atoms with E-state index in [0.29, 0.717) is 5.56 Å². The number of benzene rings is 1. The highest BCUT2D eigenvalue weighted by Crippen LogP contribution is 2.36. The van der Waals surface area contributed by atoms with E-state index in [0.717, 1.165) is 30.8 Å². The smallest absolute Gasteiger partial charge is 0.405 e.